The van der Waals surface area contributed by atoms with Crippen LogP contribution in [0.15, 0.2) is 36.4 Å². The van der Waals surface area contributed by atoms with E-state index in [1.54, 1.807) is 0 Å². The Labute approximate surface area is 200 Å². The zero-order valence-corrected chi connectivity index (χ0v) is 19.1. The molecule has 0 bridgehead atoms. The average molecular weight is 500 g/mol. The van der Waals surface area contributed by atoms with Crippen LogP contribution < -0.4 is 20.7 Å². The molecular weight excluding hydrogens is 472 g/mol. The molecule has 2 heterocycles. The predicted octanol–water partition coefficient (Wildman–Crippen LogP) is 3.28. The molecule has 0 spiro atoms. The monoisotopic (exact) mass is 500 g/mol. The van der Waals surface area contributed by atoms with Gasteiger partial charge in [-0.25, -0.2) is 9.18 Å². The molecule has 1 aromatic heterocycles. The van der Waals surface area contributed by atoms with Gasteiger partial charge in [-0.05, 0) is 43.9 Å². The van der Waals surface area contributed by atoms with Crippen molar-refractivity contribution < 1.29 is 37.0 Å². The Bertz CT molecular complexity index is 968. The number of nitrogens with zero attached hydrogens (tertiary/aromatic N) is 1. The molecule has 1 aromatic carbocycles. The Morgan fingerprint density at radius 3 is 2.51 bits per heavy atom. The van der Waals surface area contributed by atoms with Crippen LogP contribution in [0.2, 0.25) is 0 Å². The number of carbonyl (C=O) groups excluding carboxylic acids is 1. The Hall–Kier alpha value is -3.41. The fraction of sp³-hybridized carbons (Fsp3) is 0.435. The van der Waals surface area contributed by atoms with E-state index >= 15 is 0 Å². The molecular formula is C23H28F4N4O4. The normalized spacial score (nSPS) is 15.1. The van der Waals surface area contributed by atoms with Gasteiger partial charge in [0.05, 0.1) is 13.2 Å². The van der Waals surface area contributed by atoms with E-state index in [-0.39, 0.29) is 24.3 Å². The van der Waals surface area contributed by atoms with E-state index in [4.69, 9.17) is 14.6 Å². The molecule has 1 aliphatic heterocycles. The molecule has 0 aliphatic carbocycles. The molecule has 2 aromatic rings. The van der Waals surface area contributed by atoms with Crippen molar-refractivity contribution >= 4 is 17.7 Å². The summed E-state index contributed by atoms with van der Waals surface area (Å²) in [6.07, 6.45) is -1.50. The highest BCUT2D eigenvalue weighted by atomic mass is 19.4. The van der Waals surface area contributed by atoms with Gasteiger partial charge in [0.25, 0.3) is 0 Å². The molecule has 1 amide bonds. The van der Waals surface area contributed by atoms with E-state index in [0.717, 1.165) is 32.2 Å². The van der Waals surface area contributed by atoms with Crippen LogP contribution in [0.25, 0.3) is 0 Å². The third kappa shape index (κ3) is 9.39. The van der Waals surface area contributed by atoms with Gasteiger partial charge in [-0.15, -0.1) is 0 Å². The maximum Gasteiger partial charge on any atom is 0.490 e. The molecule has 0 radical (unpaired) electrons. The van der Waals surface area contributed by atoms with Crippen LogP contribution in [0.3, 0.4) is 0 Å². The number of carbonyl (C=O) groups is 2. The van der Waals surface area contributed by atoms with Gasteiger partial charge in [0.1, 0.15) is 0 Å². The fourth-order valence-corrected chi connectivity index (χ4v) is 3.30. The summed E-state index contributed by atoms with van der Waals surface area (Å²) in [6.45, 7) is 1.63. The number of carboxylic acids is 1. The van der Waals surface area contributed by atoms with E-state index in [1.807, 2.05) is 18.2 Å². The van der Waals surface area contributed by atoms with E-state index in [2.05, 4.69) is 33.1 Å². The van der Waals surface area contributed by atoms with Crippen molar-refractivity contribution in [1.82, 2.24) is 15.6 Å². The number of ether oxygens (including phenoxy) is 1. The number of carboxylic acid groups (broad SMARTS) is 1. The van der Waals surface area contributed by atoms with Gasteiger partial charge in [0.15, 0.2) is 11.6 Å². The van der Waals surface area contributed by atoms with Crippen LogP contribution in [0.1, 0.15) is 30.4 Å². The molecule has 0 unspecified atom stereocenters. The Morgan fingerprint density at radius 2 is 1.94 bits per heavy atom. The SMILES string of the molecule is COc1nc(NCCCc2ccccc2)c(F)cc1CNC(=O)[C@@H]1CCCN1.O=C(O)C(F)(F)F. The van der Waals surface area contributed by atoms with Gasteiger partial charge in [0, 0.05) is 18.7 Å². The van der Waals surface area contributed by atoms with Crippen LogP contribution >= 0.6 is 0 Å². The minimum Gasteiger partial charge on any atom is -0.481 e. The largest absolute Gasteiger partial charge is 0.490 e. The Kier molecular flexibility index (Phi) is 10.7. The van der Waals surface area contributed by atoms with Gasteiger partial charge < -0.3 is 25.8 Å². The molecule has 1 aliphatic rings. The van der Waals surface area contributed by atoms with Gasteiger partial charge in [-0.2, -0.15) is 18.2 Å². The second-order valence-electron chi connectivity index (χ2n) is 7.67. The number of alkyl halides is 3. The second-order valence-corrected chi connectivity index (χ2v) is 7.67. The maximum atomic E-state index is 14.4. The smallest absolute Gasteiger partial charge is 0.481 e. The summed E-state index contributed by atoms with van der Waals surface area (Å²) in [5.41, 5.74) is 1.76. The maximum absolute atomic E-state index is 14.4. The van der Waals surface area contributed by atoms with Crippen LogP contribution in [0, 0.1) is 5.82 Å². The van der Waals surface area contributed by atoms with Gasteiger partial charge in [-0.1, -0.05) is 30.3 Å². The highest BCUT2D eigenvalue weighted by molar-refractivity contribution is 5.82. The lowest BCUT2D eigenvalue weighted by Crippen LogP contribution is -2.40. The molecule has 8 nitrogen and oxygen atoms in total. The van der Waals surface area contributed by atoms with Crippen LogP contribution in [0.4, 0.5) is 23.4 Å². The first-order chi connectivity index (χ1) is 16.6. The standard InChI is InChI=1S/C21H27FN4O2.C2HF3O2/c1-28-21-16(14-25-20(27)18-10-6-11-23-18)13-17(22)19(26-21)24-12-5-9-15-7-3-2-4-8-15;3-2(4,5)1(6)7/h2-4,7-8,13,18,23H,5-6,9-12,14H2,1H3,(H,24,26)(H,25,27);(H,6,7)/t18-;/m0./s1. The number of hydrogen-bond acceptors (Lipinski definition) is 6. The molecule has 1 atom stereocenters. The number of hydrogen-bond donors (Lipinski definition) is 4. The highest BCUT2D eigenvalue weighted by Crippen LogP contribution is 2.22. The van der Waals surface area contributed by atoms with Crippen molar-refractivity contribution in [1.29, 1.82) is 0 Å². The lowest BCUT2D eigenvalue weighted by Gasteiger charge is -2.14. The Balaban J connectivity index is 0.000000540. The summed E-state index contributed by atoms with van der Waals surface area (Å²) < 4.78 is 51.5. The number of amides is 1. The van der Waals surface area contributed by atoms with Crippen LogP contribution in [0.5, 0.6) is 5.88 Å². The quantitative estimate of drug-likeness (QED) is 0.309. The van der Waals surface area contributed by atoms with Gasteiger partial charge in [0.2, 0.25) is 11.8 Å². The zero-order chi connectivity index (χ0) is 25.8. The summed E-state index contributed by atoms with van der Waals surface area (Å²) >= 11 is 0. The lowest BCUT2D eigenvalue weighted by molar-refractivity contribution is -0.192. The number of benzene rings is 1. The number of anilines is 1. The molecule has 1 fully saturated rings. The van der Waals surface area contributed by atoms with Gasteiger partial charge in [-0.3, -0.25) is 4.79 Å². The van der Waals surface area contributed by atoms with Crippen molar-refractivity contribution in [3.63, 3.8) is 0 Å². The lowest BCUT2D eigenvalue weighted by atomic mass is 10.1. The van der Waals surface area contributed by atoms with E-state index in [1.165, 1.54) is 18.7 Å². The van der Waals surface area contributed by atoms with E-state index < -0.39 is 18.0 Å². The summed E-state index contributed by atoms with van der Waals surface area (Å²) in [5, 5.41) is 16.1. The zero-order valence-electron chi connectivity index (χ0n) is 19.1. The summed E-state index contributed by atoms with van der Waals surface area (Å²) in [7, 11) is 1.49. The minimum atomic E-state index is -5.08. The average Bonchev–Trinajstić information content (AvgIpc) is 3.37. The number of aromatic nitrogens is 1. The Morgan fingerprint density at radius 1 is 1.26 bits per heavy atom. The number of pyridine rings is 1. The van der Waals surface area contributed by atoms with Crippen molar-refractivity contribution in [2.75, 3.05) is 25.5 Å². The molecule has 4 N–H and O–H groups in total. The molecule has 3 rings (SSSR count). The van der Waals surface area contributed by atoms with Crippen molar-refractivity contribution in [3.05, 3.63) is 53.3 Å². The number of aliphatic carboxylic acids is 1. The minimum absolute atomic E-state index is 0.0805. The highest BCUT2D eigenvalue weighted by Gasteiger charge is 2.38. The molecule has 1 saturated heterocycles. The third-order valence-corrected chi connectivity index (χ3v) is 5.06. The first-order valence-electron chi connectivity index (χ1n) is 10.9. The molecule has 192 valence electrons. The van der Waals surface area contributed by atoms with Gasteiger partial charge >= 0.3 is 12.1 Å². The van der Waals surface area contributed by atoms with E-state index in [0.29, 0.717) is 18.0 Å². The number of nitrogens with one attached hydrogen (secondary N) is 3. The second kappa shape index (κ2) is 13.5. The summed E-state index contributed by atoms with van der Waals surface area (Å²) in [5.74, 6) is -2.82. The van der Waals surface area contributed by atoms with Crippen LogP contribution in [-0.4, -0.2) is 54.4 Å². The number of methoxy groups -OCH3 is 1. The molecule has 0 saturated carbocycles. The number of aryl methyl sites for hydroxylation is 1. The topological polar surface area (TPSA) is 113 Å². The number of rotatable bonds is 9. The fourth-order valence-electron chi connectivity index (χ4n) is 3.30. The van der Waals surface area contributed by atoms with E-state index in [9.17, 15) is 22.4 Å². The predicted molar refractivity (Wildman–Crippen MR) is 121 cm³/mol. The first kappa shape index (κ1) is 27.8. The molecule has 35 heavy (non-hydrogen) atoms. The third-order valence-electron chi connectivity index (χ3n) is 5.06. The van der Waals surface area contributed by atoms with Crippen LogP contribution in [-0.2, 0) is 22.6 Å². The van der Waals surface area contributed by atoms with Crippen molar-refractivity contribution in [3.8, 4) is 5.88 Å². The first-order valence-corrected chi connectivity index (χ1v) is 10.9. The summed E-state index contributed by atoms with van der Waals surface area (Å²) in [6, 6.07) is 11.4. The number of halogens is 4. The van der Waals surface area contributed by atoms with Crippen molar-refractivity contribution in [2.24, 2.45) is 0 Å². The van der Waals surface area contributed by atoms with Crippen molar-refractivity contribution in [2.45, 2.75) is 44.4 Å². The molecule has 12 heteroatoms. The summed E-state index contributed by atoms with van der Waals surface area (Å²) in [4.78, 5) is 25.3.